The zero-order chi connectivity index (χ0) is 40.9. The predicted molar refractivity (Wildman–Crippen MR) is 212 cm³/mol. The lowest BCUT2D eigenvalue weighted by Crippen LogP contribution is -2.59. The van der Waals surface area contributed by atoms with E-state index in [9.17, 15) is 24.6 Å². The Bertz CT molecular complexity index is 2080. The number of carbonyl (C=O) groups excluding carboxylic acids is 3. The molecule has 2 fully saturated rings. The van der Waals surface area contributed by atoms with Gasteiger partial charge in [-0.25, -0.2) is 14.8 Å². The second kappa shape index (κ2) is 17.7. The van der Waals surface area contributed by atoms with Crippen molar-refractivity contribution in [1.82, 2.24) is 40.4 Å². The third kappa shape index (κ3) is 9.54. The first-order chi connectivity index (χ1) is 27.3. The van der Waals surface area contributed by atoms with E-state index < -0.39 is 30.2 Å². The number of ether oxygens (including phenoxy) is 2. The third-order valence-electron chi connectivity index (χ3n) is 10.5. The van der Waals surface area contributed by atoms with Crippen molar-refractivity contribution in [2.45, 2.75) is 89.6 Å². The molecular weight excluding hydrogens is 729 g/mol. The molecule has 15 heteroatoms. The second-order valence-electron chi connectivity index (χ2n) is 15.3. The number of rotatable bonds is 12. The number of amides is 3. The molecule has 302 valence electrons. The smallest absolute Gasteiger partial charge is 0.407 e. The molecule has 4 heterocycles. The topological polar surface area (TPSA) is 198 Å². The van der Waals surface area contributed by atoms with E-state index in [-0.39, 0.29) is 29.8 Å². The summed E-state index contributed by atoms with van der Waals surface area (Å²) < 4.78 is 9.62. The molecule has 15 nitrogen and oxygen atoms in total. The van der Waals surface area contributed by atoms with Gasteiger partial charge in [0.2, 0.25) is 18.2 Å². The lowest BCUT2D eigenvalue weighted by molar-refractivity contribution is -0.153. The molecule has 2 aromatic heterocycles. The number of nitrogens with zero attached hydrogens (tertiary/aromatic N) is 4. The number of hydrogen-bond donors (Lipinski definition) is 6. The number of imidazole rings is 2. The number of methoxy groups -OCH3 is 2. The Morgan fingerprint density at radius 3 is 1.72 bits per heavy atom. The number of likely N-dealkylation sites (tertiary alicyclic amines) is 2. The van der Waals surface area contributed by atoms with Gasteiger partial charge in [-0.05, 0) is 80.8 Å². The highest BCUT2D eigenvalue weighted by Crippen LogP contribution is 2.34. The maximum absolute atomic E-state index is 13.6. The monoisotopic (exact) mass is 780 g/mol. The Hall–Kier alpha value is -5.53. The summed E-state index contributed by atoms with van der Waals surface area (Å²) in [5.74, 6) is 7.21. The molecule has 5 atom stereocenters. The first kappa shape index (κ1) is 41.1. The zero-order valence-electron chi connectivity index (χ0n) is 33.2. The number of hydrogen-bond acceptors (Lipinski definition) is 10. The number of aromatic amines is 2. The SMILES string of the molecule is COC(=O)N[C@H](C(=O)N1CCC[C@H]1c1ncc(-c2ccc(C#Cc3ccc(-c4cnc([C@@H]5CCCN5C(=O)[C@@H](NC(O)OC)C(C)(C)O)[nH]4)cc3)cc2)[nH]1)C(C)C. The number of aromatic nitrogens is 4. The van der Waals surface area contributed by atoms with Gasteiger partial charge < -0.3 is 44.8 Å². The quantitative estimate of drug-likeness (QED) is 0.0894. The minimum atomic E-state index is -1.45. The summed E-state index contributed by atoms with van der Waals surface area (Å²) in [7, 11) is 2.59. The van der Waals surface area contributed by atoms with Crippen LogP contribution in [0.5, 0.6) is 0 Å². The Balaban J connectivity index is 1.08. The van der Waals surface area contributed by atoms with Crippen molar-refractivity contribution < 1.29 is 34.1 Å². The molecule has 57 heavy (non-hydrogen) atoms. The Morgan fingerprint density at radius 2 is 1.30 bits per heavy atom. The second-order valence-corrected chi connectivity index (χ2v) is 15.3. The molecule has 6 N–H and O–H groups in total. The van der Waals surface area contributed by atoms with Gasteiger partial charge in [-0.15, -0.1) is 0 Å². The van der Waals surface area contributed by atoms with Crippen LogP contribution in [0.2, 0.25) is 0 Å². The minimum Gasteiger partial charge on any atom is -0.453 e. The number of aliphatic hydroxyl groups excluding tert-OH is 1. The molecule has 4 aromatic rings. The number of H-pyrrole nitrogens is 2. The summed E-state index contributed by atoms with van der Waals surface area (Å²) in [5, 5.41) is 26.0. The molecule has 1 unspecified atom stereocenters. The lowest BCUT2D eigenvalue weighted by Gasteiger charge is -2.35. The third-order valence-corrected chi connectivity index (χ3v) is 10.5. The van der Waals surface area contributed by atoms with Crippen LogP contribution >= 0.6 is 0 Å². The molecule has 2 aliphatic heterocycles. The Kier molecular flexibility index (Phi) is 12.8. The number of carbonyl (C=O) groups is 3. The minimum absolute atomic E-state index is 0.111. The van der Waals surface area contributed by atoms with Crippen molar-refractivity contribution in [2.24, 2.45) is 5.92 Å². The fraction of sp³-hybridized carbons (Fsp3) is 0.452. The number of nitrogens with one attached hydrogen (secondary N) is 4. The number of benzene rings is 2. The van der Waals surface area contributed by atoms with Crippen LogP contribution in [-0.2, 0) is 19.1 Å². The molecule has 0 bridgehead atoms. The Labute approximate surface area is 332 Å². The van der Waals surface area contributed by atoms with Crippen molar-refractivity contribution in [3.8, 4) is 34.4 Å². The average molecular weight is 781 g/mol. The summed E-state index contributed by atoms with van der Waals surface area (Å²) in [4.78, 5) is 58.5. The van der Waals surface area contributed by atoms with E-state index in [1.54, 1.807) is 22.2 Å². The normalized spacial score (nSPS) is 18.5. The maximum Gasteiger partial charge on any atom is 0.407 e. The summed E-state index contributed by atoms with van der Waals surface area (Å²) >= 11 is 0. The van der Waals surface area contributed by atoms with Crippen LogP contribution < -0.4 is 10.6 Å². The van der Waals surface area contributed by atoms with Crippen LogP contribution in [0, 0.1) is 17.8 Å². The standard InChI is InChI=1S/C42H52N8O7/c1-25(2)34(47-40(53)56-5)38(51)49-21-7-9-32(49)36-43-23-30(45-36)28-17-13-26(14-18-28)11-12-27-15-19-29(20-16-27)31-24-44-37(46-31)33-10-8-22-50(33)39(52)35(42(3,4)55)48-41(54)57-6/h13-20,23-25,32-35,41,48,54-55H,7-10,21-22H2,1-6H3,(H,43,45)(H,44,46)(H,47,53)/t32-,33-,34-,35+,41?/m0/s1. The van der Waals surface area contributed by atoms with Gasteiger partial charge >= 0.3 is 6.09 Å². The van der Waals surface area contributed by atoms with Crippen molar-refractivity contribution in [3.05, 3.63) is 83.7 Å². The average Bonchev–Trinajstić information content (AvgIpc) is 4.04. The zero-order valence-corrected chi connectivity index (χ0v) is 33.2. The van der Waals surface area contributed by atoms with Crippen LogP contribution in [0.1, 0.15) is 88.2 Å². The summed E-state index contributed by atoms with van der Waals surface area (Å²) in [6, 6.07) is 13.4. The van der Waals surface area contributed by atoms with E-state index in [0.717, 1.165) is 52.9 Å². The molecular formula is C42H52N8O7. The van der Waals surface area contributed by atoms with Gasteiger partial charge in [0.15, 0.2) is 0 Å². The van der Waals surface area contributed by atoms with Gasteiger partial charge in [0.25, 0.3) is 0 Å². The molecule has 3 amide bonds. The summed E-state index contributed by atoms with van der Waals surface area (Å²) in [6.07, 6.45) is 4.59. The van der Waals surface area contributed by atoms with E-state index in [1.807, 2.05) is 62.4 Å². The highest BCUT2D eigenvalue weighted by molar-refractivity contribution is 5.86. The highest BCUT2D eigenvalue weighted by atomic mass is 16.6. The van der Waals surface area contributed by atoms with Crippen molar-refractivity contribution in [2.75, 3.05) is 27.3 Å². The van der Waals surface area contributed by atoms with Crippen LogP contribution in [0.3, 0.4) is 0 Å². The van der Waals surface area contributed by atoms with Crippen LogP contribution in [0.25, 0.3) is 22.5 Å². The number of alkyl carbamates (subject to hydrolysis) is 1. The highest BCUT2D eigenvalue weighted by Gasteiger charge is 2.42. The van der Waals surface area contributed by atoms with Gasteiger partial charge in [0, 0.05) is 31.3 Å². The summed E-state index contributed by atoms with van der Waals surface area (Å²) in [5.41, 5.74) is 3.73. The largest absolute Gasteiger partial charge is 0.453 e. The van der Waals surface area contributed by atoms with Crippen molar-refractivity contribution in [1.29, 1.82) is 0 Å². The van der Waals surface area contributed by atoms with E-state index in [4.69, 9.17) is 9.47 Å². The van der Waals surface area contributed by atoms with Crippen LogP contribution in [0.15, 0.2) is 60.9 Å². The van der Waals surface area contributed by atoms with Gasteiger partial charge in [-0.1, -0.05) is 50.0 Å². The molecule has 0 spiro atoms. The maximum atomic E-state index is 13.6. The predicted octanol–water partition coefficient (Wildman–Crippen LogP) is 4.23. The van der Waals surface area contributed by atoms with E-state index in [1.165, 1.54) is 28.1 Å². The Morgan fingerprint density at radius 1 is 0.825 bits per heavy atom. The van der Waals surface area contributed by atoms with Gasteiger partial charge in [0.05, 0.1) is 48.6 Å². The van der Waals surface area contributed by atoms with Crippen LogP contribution in [0.4, 0.5) is 4.79 Å². The fourth-order valence-corrected chi connectivity index (χ4v) is 7.38. The lowest BCUT2D eigenvalue weighted by atomic mass is 9.97. The fourth-order valence-electron chi connectivity index (χ4n) is 7.38. The van der Waals surface area contributed by atoms with Gasteiger partial charge in [-0.3, -0.25) is 14.9 Å². The molecule has 2 saturated heterocycles. The van der Waals surface area contributed by atoms with Crippen molar-refractivity contribution in [3.63, 3.8) is 0 Å². The molecule has 6 rings (SSSR count). The molecule has 0 aliphatic carbocycles. The molecule has 2 aromatic carbocycles. The number of aliphatic hydroxyl groups is 2. The van der Waals surface area contributed by atoms with Crippen LogP contribution in [-0.4, -0.2) is 109 Å². The van der Waals surface area contributed by atoms with Crippen molar-refractivity contribution >= 4 is 17.9 Å². The van der Waals surface area contributed by atoms with E-state index >= 15 is 0 Å². The molecule has 0 radical (unpaired) electrons. The molecule has 0 saturated carbocycles. The first-order valence-corrected chi connectivity index (χ1v) is 19.2. The van der Waals surface area contributed by atoms with Gasteiger partial charge in [-0.2, -0.15) is 0 Å². The molecule has 2 aliphatic rings. The summed E-state index contributed by atoms with van der Waals surface area (Å²) in [6.45, 7) is 7.89. The first-order valence-electron chi connectivity index (χ1n) is 19.2. The van der Waals surface area contributed by atoms with Gasteiger partial charge in [0.1, 0.15) is 23.7 Å². The van der Waals surface area contributed by atoms with E-state index in [2.05, 4.69) is 42.4 Å². The van der Waals surface area contributed by atoms with E-state index in [0.29, 0.717) is 31.2 Å².